The van der Waals surface area contributed by atoms with E-state index in [1.807, 2.05) is 13.0 Å². The molecule has 4 nitrogen and oxygen atoms in total. The topological polar surface area (TPSA) is 66.8 Å². The van der Waals surface area contributed by atoms with E-state index in [1.165, 1.54) is 0 Å². The number of rotatable bonds is 1. The third kappa shape index (κ3) is 4.70. The van der Waals surface area contributed by atoms with Gasteiger partial charge in [0.25, 0.3) is 0 Å². The van der Waals surface area contributed by atoms with E-state index in [0.29, 0.717) is 5.56 Å². The molecule has 2 N–H and O–H groups in total. The van der Waals surface area contributed by atoms with Crippen LogP contribution in [-0.2, 0) is 4.74 Å². The number of benzene rings is 1. The Morgan fingerprint density at radius 1 is 1.35 bits per heavy atom. The lowest BCUT2D eigenvalue weighted by atomic mass is 10.1. The van der Waals surface area contributed by atoms with E-state index in [-0.39, 0.29) is 12.2 Å². The van der Waals surface area contributed by atoms with Crippen molar-refractivity contribution in [3.05, 3.63) is 48.2 Å². The monoisotopic (exact) mass is 236 g/mol. The molecule has 1 aromatic rings. The molecule has 0 aromatic heterocycles. The Balaban J connectivity index is 0.000000171. The molecule has 0 saturated carbocycles. The van der Waals surface area contributed by atoms with Crippen molar-refractivity contribution < 1.29 is 19.7 Å². The number of carboxylic acids is 1. The molecule has 2 atom stereocenters. The van der Waals surface area contributed by atoms with Crippen molar-refractivity contribution in [1.82, 2.24) is 0 Å². The van der Waals surface area contributed by atoms with E-state index >= 15 is 0 Å². The molecular formula is C13H16O4. The molecule has 0 spiro atoms. The van der Waals surface area contributed by atoms with E-state index in [0.717, 1.165) is 6.42 Å². The molecule has 1 aromatic carbocycles. The first-order valence-electron chi connectivity index (χ1n) is 5.38. The molecule has 0 unspecified atom stereocenters. The summed E-state index contributed by atoms with van der Waals surface area (Å²) in [4.78, 5) is 10.2. The van der Waals surface area contributed by atoms with Gasteiger partial charge in [-0.25, -0.2) is 4.79 Å². The van der Waals surface area contributed by atoms with Crippen molar-refractivity contribution in [1.29, 1.82) is 0 Å². The fourth-order valence-electron chi connectivity index (χ4n) is 1.24. The average Bonchev–Trinajstić information content (AvgIpc) is 2.35. The highest BCUT2D eigenvalue weighted by Crippen LogP contribution is 2.09. The summed E-state index contributed by atoms with van der Waals surface area (Å²) in [5.74, 6) is -0.879. The molecule has 92 valence electrons. The molecule has 1 aliphatic rings. The van der Waals surface area contributed by atoms with Crippen LogP contribution in [0.25, 0.3) is 0 Å². The largest absolute Gasteiger partial charge is 0.496 e. The van der Waals surface area contributed by atoms with E-state index < -0.39 is 5.97 Å². The Morgan fingerprint density at radius 2 is 2.00 bits per heavy atom. The second-order valence-corrected chi connectivity index (χ2v) is 3.69. The Labute approximate surface area is 100 Å². The summed E-state index contributed by atoms with van der Waals surface area (Å²) in [6.45, 7) is 1.86. The highest BCUT2D eigenvalue weighted by atomic mass is 16.5. The van der Waals surface area contributed by atoms with Gasteiger partial charge in [0, 0.05) is 0 Å². The molecule has 1 heterocycles. The van der Waals surface area contributed by atoms with Crippen LogP contribution in [0.2, 0.25) is 0 Å². The van der Waals surface area contributed by atoms with Gasteiger partial charge in [0.2, 0.25) is 0 Å². The van der Waals surface area contributed by atoms with Gasteiger partial charge < -0.3 is 14.9 Å². The zero-order valence-electron chi connectivity index (χ0n) is 9.61. The molecule has 0 fully saturated rings. The minimum atomic E-state index is -0.879. The maximum absolute atomic E-state index is 10.2. The molecule has 0 radical (unpaired) electrons. The van der Waals surface area contributed by atoms with Crippen molar-refractivity contribution in [2.75, 3.05) is 0 Å². The van der Waals surface area contributed by atoms with E-state index in [1.54, 1.807) is 36.6 Å². The minimum Gasteiger partial charge on any atom is -0.496 e. The zero-order valence-corrected chi connectivity index (χ0v) is 9.61. The quantitative estimate of drug-likeness (QED) is 0.783. The maximum atomic E-state index is 10.2. The van der Waals surface area contributed by atoms with Crippen LogP contribution >= 0.6 is 0 Å². The Hall–Kier alpha value is -1.81. The Kier molecular flexibility index (Phi) is 5.23. The lowest BCUT2D eigenvalue weighted by Gasteiger charge is -2.20. The van der Waals surface area contributed by atoms with Crippen molar-refractivity contribution in [3.63, 3.8) is 0 Å². The fourth-order valence-corrected chi connectivity index (χ4v) is 1.24. The van der Waals surface area contributed by atoms with Gasteiger partial charge in [-0.05, 0) is 31.6 Å². The van der Waals surface area contributed by atoms with E-state index in [9.17, 15) is 4.79 Å². The summed E-state index contributed by atoms with van der Waals surface area (Å²) >= 11 is 0. The summed E-state index contributed by atoms with van der Waals surface area (Å²) in [7, 11) is 0. The first kappa shape index (κ1) is 13.3. The maximum Gasteiger partial charge on any atom is 0.335 e. The third-order valence-corrected chi connectivity index (χ3v) is 2.33. The predicted molar refractivity (Wildman–Crippen MR) is 63.7 cm³/mol. The number of ether oxygens (including phenoxy) is 1. The van der Waals surface area contributed by atoms with Crippen molar-refractivity contribution in [2.45, 2.75) is 25.6 Å². The first-order valence-corrected chi connectivity index (χ1v) is 5.38. The fraction of sp³-hybridized carbons (Fsp3) is 0.308. The molecule has 4 heteroatoms. The highest BCUT2D eigenvalue weighted by molar-refractivity contribution is 5.87. The molecule has 0 bridgehead atoms. The summed E-state index contributed by atoms with van der Waals surface area (Å²) in [5.41, 5.74) is 0.331. The summed E-state index contributed by atoms with van der Waals surface area (Å²) in [6.07, 6.45) is 3.85. The molecule has 0 amide bonds. The van der Waals surface area contributed by atoms with Crippen LogP contribution in [0.5, 0.6) is 0 Å². The number of hydrogen-bond donors (Lipinski definition) is 2. The van der Waals surface area contributed by atoms with Crippen LogP contribution < -0.4 is 0 Å². The number of aliphatic hydroxyl groups excluding tert-OH is 1. The number of aromatic carboxylic acids is 1. The van der Waals surface area contributed by atoms with Gasteiger partial charge in [0.05, 0.1) is 17.9 Å². The summed E-state index contributed by atoms with van der Waals surface area (Å²) < 4.78 is 4.96. The second kappa shape index (κ2) is 6.70. The second-order valence-electron chi connectivity index (χ2n) is 3.69. The molecule has 17 heavy (non-hydrogen) atoms. The highest BCUT2D eigenvalue weighted by Gasteiger charge is 2.14. The van der Waals surface area contributed by atoms with Gasteiger partial charge in [-0.3, -0.25) is 0 Å². The lowest BCUT2D eigenvalue weighted by molar-refractivity contribution is 0.0101. The standard InChI is InChI=1S/C7H6O2.C6H10O2/c8-7(9)6-4-2-1-3-5-6;1-5-6(7)3-2-4-8-5/h1-5H,(H,8,9);2,4-7H,3H2,1H3/t;5-,6-/m.0/s1. The first-order chi connectivity index (χ1) is 8.11. The molecule has 2 rings (SSSR count). The van der Waals surface area contributed by atoms with Crippen LogP contribution in [-0.4, -0.2) is 28.4 Å². The normalized spacial score (nSPS) is 22.0. The Bertz CT molecular complexity index is 360. The van der Waals surface area contributed by atoms with Gasteiger partial charge in [-0.1, -0.05) is 18.2 Å². The summed E-state index contributed by atoms with van der Waals surface area (Å²) in [6, 6.07) is 8.30. The number of aliphatic hydroxyl groups is 1. The molecule has 0 saturated heterocycles. The number of carboxylic acid groups (broad SMARTS) is 1. The van der Waals surface area contributed by atoms with Gasteiger partial charge >= 0.3 is 5.97 Å². The van der Waals surface area contributed by atoms with Gasteiger partial charge in [-0.2, -0.15) is 0 Å². The van der Waals surface area contributed by atoms with Gasteiger partial charge in [0.15, 0.2) is 0 Å². The molecule has 1 aliphatic heterocycles. The lowest BCUT2D eigenvalue weighted by Crippen LogP contribution is -2.25. The number of carbonyl (C=O) groups is 1. The van der Waals surface area contributed by atoms with Crippen molar-refractivity contribution >= 4 is 5.97 Å². The summed E-state index contributed by atoms with van der Waals surface area (Å²) in [5, 5.41) is 17.4. The molecular weight excluding hydrogens is 220 g/mol. The van der Waals surface area contributed by atoms with Crippen LogP contribution in [0.1, 0.15) is 23.7 Å². The predicted octanol–water partition coefficient (Wildman–Crippen LogP) is 2.05. The van der Waals surface area contributed by atoms with Gasteiger partial charge in [0.1, 0.15) is 6.10 Å². The molecule has 0 aliphatic carbocycles. The smallest absolute Gasteiger partial charge is 0.335 e. The van der Waals surface area contributed by atoms with Crippen LogP contribution in [0.3, 0.4) is 0 Å². The SMILES string of the molecule is C[C@@H]1OC=CC[C@@H]1O.O=C(O)c1ccccc1. The third-order valence-electron chi connectivity index (χ3n) is 2.33. The Morgan fingerprint density at radius 3 is 2.35 bits per heavy atom. The average molecular weight is 236 g/mol. The minimum absolute atomic E-state index is 0.0278. The number of hydrogen-bond acceptors (Lipinski definition) is 3. The van der Waals surface area contributed by atoms with Crippen LogP contribution in [0.4, 0.5) is 0 Å². The van der Waals surface area contributed by atoms with Crippen molar-refractivity contribution in [3.8, 4) is 0 Å². The zero-order chi connectivity index (χ0) is 12.7. The van der Waals surface area contributed by atoms with Crippen LogP contribution in [0, 0.1) is 0 Å². The van der Waals surface area contributed by atoms with Crippen LogP contribution in [0.15, 0.2) is 42.7 Å². The van der Waals surface area contributed by atoms with E-state index in [4.69, 9.17) is 14.9 Å². The van der Waals surface area contributed by atoms with Gasteiger partial charge in [-0.15, -0.1) is 0 Å². The van der Waals surface area contributed by atoms with E-state index in [2.05, 4.69) is 0 Å². The van der Waals surface area contributed by atoms with Crippen molar-refractivity contribution in [2.24, 2.45) is 0 Å².